The Kier molecular flexibility index (Phi) is 3.70. The van der Waals surface area contributed by atoms with Crippen LogP contribution in [-0.4, -0.2) is 0 Å². The van der Waals surface area contributed by atoms with Gasteiger partial charge in [-0.15, -0.1) is 0 Å². The van der Waals surface area contributed by atoms with Crippen LogP contribution in [0.3, 0.4) is 0 Å². The molecule has 0 aromatic heterocycles. The molecule has 0 radical (unpaired) electrons. The molecule has 0 saturated carbocycles. The van der Waals surface area contributed by atoms with E-state index in [9.17, 15) is 0 Å². The van der Waals surface area contributed by atoms with Crippen molar-refractivity contribution in [2.75, 3.05) is 0 Å². The van der Waals surface area contributed by atoms with E-state index in [0.717, 1.165) is 0 Å². The van der Waals surface area contributed by atoms with Gasteiger partial charge in [0.15, 0.2) is 0 Å². The molecule has 0 aliphatic heterocycles. The van der Waals surface area contributed by atoms with E-state index in [-0.39, 0.29) is 19.5 Å². The molecule has 1 aliphatic rings. The maximum atomic E-state index is 2.28. The van der Waals surface area contributed by atoms with Crippen LogP contribution in [0.5, 0.6) is 0 Å². The molecule has 1 rings (SSSR count). The normalized spacial score (nSPS) is 19.4. The van der Waals surface area contributed by atoms with Crippen LogP contribution >= 0.6 is 0 Å². The zero-order chi connectivity index (χ0) is 7.89. The van der Waals surface area contributed by atoms with Crippen LogP contribution in [-0.2, 0) is 19.5 Å². The minimum absolute atomic E-state index is 0. The van der Waals surface area contributed by atoms with Crippen LogP contribution in [0, 0.1) is 5.92 Å². The standard InChI is InChI=1S/C10H16.Rh/c1-6-7(2)9(4)10(5)8(6)3;/h6H,1-5H3;/q;+3. The van der Waals surface area contributed by atoms with Gasteiger partial charge >= 0.3 is 19.5 Å². The Labute approximate surface area is 82.5 Å². The monoisotopic (exact) mass is 239 g/mol. The summed E-state index contributed by atoms with van der Waals surface area (Å²) in [5.74, 6) is 0.694. The second kappa shape index (κ2) is 3.67. The Hall–Kier alpha value is 0.103. The molecule has 0 N–H and O–H groups in total. The predicted molar refractivity (Wildman–Crippen MR) is 45.9 cm³/mol. The minimum atomic E-state index is 0. The first-order valence-corrected chi connectivity index (χ1v) is 3.90. The van der Waals surface area contributed by atoms with Crippen LogP contribution in [0.1, 0.15) is 34.6 Å². The summed E-state index contributed by atoms with van der Waals surface area (Å²) < 4.78 is 0. The van der Waals surface area contributed by atoms with E-state index in [2.05, 4.69) is 34.6 Å². The van der Waals surface area contributed by atoms with Crippen LogP contribution in [0.4, 0.5) is 0 Å². The van der Waals surface area contributed by atoms with Gasteiger partial charge in [-0.05, 0) is 44.8 Å². The van der Waals surface area contributed by atoms with Crippen molar-refractivity contribution < 1.29 is 19.5 Å². The third-order valence-corrected chi connectivity index (χ3v) is 3.04. The van der Waals surface area contributed by atoms with Crippen molar-refractivity contribution in [2.24, 2.45) is 5.92 Å². The van der Waals surface area contributed by atoms with Crippen LogP contribution in [0.25, 0.3) is 0 Å². The average Bonchev–Trinajstić information content (AvgIpc) is 2.07. The zero-order valence-corrected chi connectivity index (χ0v) is 9.55. The van der Waals surface area contributed by atoms with Crippen LogP contribution < -0.4 is 0 Å². The molecule has 0 fully saturated rings. The fourth-order valence-corrected chi connectivity index (χ4v) is 1.57. The molecule has 0 saturated heterocycles. The van der Waals surface area contributed by atoms with Gasteiger partial charge in [0, 0.05) is 0 Å². The van der Waals surface area contributed by atoms with E-state index in [0.29, 0.717) is 5.92 Å². The fraction of sp³-hybridized carbons (Fsp3) is 0.600. The van der Waals surface area contributed by atoms with E-state index in [1.807, 2.05) is 0 Å². The summed E-state index contributed by atoms with van der Waals surface area (Å²) in [4.78, 5) is 0. The van der Waals surface area contributed by atoms with Crippen molar-refractivity contribution in [3.05, 3.63) is 22.3 Å². The Morgan fingerprint density at radius 2 is 1.09 bits per heavy atom. The van der Waals surface area contributed by atoms with Gasteiger partial charge in [0.2, 0.25) is 0 Å². The molecule has 0 spiro atoms. The van der Waals surface area contributed by atoms with Crippen molar-refractivity contribution >= 4 is 0 Å². The summed E-state index contributed by atoms with van der Waals surface area (Å²) in [7, 11) is 0. The van der Waals surface area contributed by atoms with Crippen LogP contribution in [0.2, 0.25) is 0 Å². The summed E-state index contributed by atoms with van der Waals surface area (Å²) in [6, 6.07) is 0. The third-order valence-electron chi connectivity index (χ3n) is 3.04. The van der Waals surface area contributed by atoms with Crippen molar-refractivity contribution in [3.8, 4) is 0 Å². The molecule has 0 aromatic carbocycles. The van der Waals surface area contributed by atoms with Gasteiger partial charge in [-0.2, -0.15) is 0 Å². The van der Waals surface area contributed by atoms with Gasteiger partial charge in [-0.1, -0.05) is 18.1 Å². The van der Waals surface area contributed by atoms with E-state index in [4.69, 9.17) is 0 Å². The molecule has 0 atom stereocenters. The minimum Gasteiger partial charge on any atom is -0.0632 e. The number of hydrogen-bond donors (Lipinski definition) is 0. The average molecular weight is 239 g/mol. The Morgan fingerprint density at radius 3 is 1.18 bits per heavy atom. The largest absolute Gasteiger partial charge is 3.00 e. The molecule has 0 bridgehead atoms. The Balaban J connectivity index is 0.000001000. The first-order valence-electron chi connectivity index (χ1n) is 3.90. The van der Waals surface area contributed by atoms with E-state index in [1.54, 1.807) is 11.1 Å². The number of rotatable bonds is 0. The molecule has 0 unspecified atom stereocenters. The summed E-state index contributed by atoms with van der Waals surface area (Å²) >= 11 is 0. The first kappa shape index (κ1) is 11.1. The van der Waals surface area contributed by atoms with Gasteiger partial charge in [0.25, 0.3) is 0 Å². The van der Waals surface area contributed by atoms with E-state index < -0.39 is 0 Å². The summed E-state index contributed by atoms with van der Waals surface area (Å²) in [6.45, 7) is 11.2. The molecule has 0 amide bonds. The van der Waals surface area contributed by atoms with Crippen molar-refractivity contribution in [2.45, 2.75) is 34.6 Å². The second-order valence-corrected chi connectivity index (χ2v) is 3.34. The fourth-order valence-electron chi connectivity index (χ4n) is 1.57. The second-order valence-electron chi connectivity index (χ2n) is 3.34. The molecule has 0 nitrogen and oxygen atoms in total. The predicted octanol–water partition coefficient (Wildman–Crippen LogP) is 3.31. The van der Waals surface area contributed by atoms with Gasteiger partial charge in [-0.3, -0.25) is 0 Å². The van der Waals surface area contributed by atoms with Gasteiger partial charge in [0.05, 0.1) is 0 Å². The zero-order valence-electron chi connectivity index (χ0n) is 7.91. The smallest absolute Gasteiger partial charge is 0.0632 e. The van der Waals surface area contributed by atoms with E-state index >= 15 is 0 Å². The summed E-state index contributed by atoms with van der Waals surface area (Å²) in [6.07, 6.45) is 0. The quantitative estimate of drug-likeness (QED) is 0.569. The summed E-state index contributed by atoms with van der Waals surface area (Å²) in [5, 5.41) is 0. The molecule has 1 aliphatic carbocycles. The molecule has 1 heteroatoms. The van der Waals surface area contributed by atoms with Crippen molar-refractivity contribution in [3.63, 3.8) is 0 Å². The molecular weight excluding hydrogens is 223 g/mol. The van der Waals surface area contributed by atoms with Gasteiger partial charge < -0.3 is 0 Å². The number of hydrogen-bond acceptors (Lipinski definition) is 0. The van der Waals surface area contributed by atoms with E-state index in [1.165, 1.54) is 11.1 Å². The van der Waals surface area contributed by atoms with Crippen molar-refractivity contribution in [1.82, 2.24) is 0 Å². The molecule has 0 aromatic rings. The topological polar surface area (TPSA) is 0 Å². The Bertz CT molecular complexity index is 197. The molecule has 11 heavy (non-hydrogen) atoms. The van der Waals surface area contributed by atoms with Crippen LogP contribution in [0.15, 0.2) is 22.3 Å². The third kappa shape index (κ3) is 1.64. The molecular formula is C10H16Rh+3. The van der Waals surface area contributed by atoms with Gasteiger partial charge in [0.1, 0.15) is 0 Å². The maximum Gasteiger partial charge on any atom is 3.00 e. The Morgan fingerprint density at radius 1 is 0.818 bits per heavy atom. The molecule has 62 valence electrons. The molecule has 0 heterocycles. The SMILES string of the molecule is CC1=C(C)C(C)C(C)=C1C.[Rh+3]. The van der Waals surface area contributed by atoms with Crippen molar-refractivity contribution in [1.29, 1.82) is 0 Å². The number of allylic oxidation sites excluding steroid dienone is 4. The maximum absolute atomic E-state index is 2.28. The first-order chi connectivity index (χ1) is 4.55. The van der Waals surface area contributed by atoms with Gasteiger partial charge in [-0.25, -0.2) is 0 Å². The summed E-state index contributed by atoms with van der Waals surface area (Å²) in [5.41, 5.74) is 6.11.